The number of hydrogen-bond acceptors (Lipinski definition) is 3. The van der Waals surface area contributed by atoms with E-state index in [-0.39, 0.29) is 31.3 Å². The van der Waals surface area contributed by atoms with Crippen LogP contribution in [0.5, 0.6) is 0 Å². The third kappa shape index (κ3) is 9.44. The van der Waals surface area contributed by atoms with Crippen LogP contribution in [0.25, 0.3) is 0 Å². The van der Waals surface area contributed by atoms with Gasteiger partial charge in [0.2, 0.25) is 10.0 Å². The summed E-state index contributed by atoms with van der Waals surface area (Å²) in [4.78, 5) is 0.392. The number of hydrogen-bond donors (Lipinski definition) is 2. The molecule has 0 fully saturated rings. The summed E-state index contributed by atoms with van der Waals surface area (Å²) in [5.41, 5.74) is 11.3. The molecule has 41 heavy (non-hydrogen) atoms. The second kappa shape index (κ2) is 16.1. The summed E-state index contributed by atoms with van der Waals surface area (Å²) in [6, 6.07) is 34.2. The molecule has 3 N–H and O–H groups in total. The summed E-state index contributed by atoms with van der Waals surface area (Å²) in [7, 11) is -3.88. The maximum absolute atomic E-state index is 14.1. The Morgan fingerprint density at radius 1 is 0.561 bits per heavy atom. The van der Waals surface area contributed by atoms with E-state index in [0.29, 0.717) is 10.8 Å². The maximum Gasteiger partial charge on any atom is 0.241 e. The van der Waals surface area contributed by atoms with Crippen molar-refractivity contribution in [2.45, 2.75) is 76.3 Å². The van der Waals surface area contributed by atoms with Gasteiger partial charge in [0.1, 0.15) is 0 Å². The van der Waals surface area contributed by atoms with Crippen LogP contribution in [0.15, 0.2) is 114 Å². The first kappa shape index (κ1) is 34.6. The van der Waals surface area contributed by atoms with Gasteiger partial charge in [0.05, 0.1) is 17.0 Å². The predicted molar refractivity (Wildman–Crippen MR) is 168 cm³/mol. The van der Waals surface area contributed by atoms with Crippen molar-refractivity contribution in [2.75, 3.05) is 0 Å². The fourth-order valence-corrected chi connectivity index (χ4v) is 6.63. The molecule has 4 aromatic carbocycles. The molecule has 2 atom stereocenters. The molecular weight excluding hydrogens is 614 g/mol. The minimum absolute atomic E-state index is 0. The number of rotatable bonds is 9. The summed E-state index contributed by atoms with van der Waals surface area (Å²) >= 11 is 0. The Morgan fingerprint density at radius 3 is 1.29 bits per heavy atom. The molecule has 4 rings (SSSR count). The van der Waals surface area contributed by atoms with Crippen molar-refractivity contribution in [3.05, 3.63) is 137 Å². The van der Waals surface area contributed by atoms with E-state index in [4.69, 9.17) is 5.73 Å². The number of benzene rings is 4. The zero-order chi connectivity index (χ0) is 29.3. The van der Waals surface area contributed by atoms with E-state index in [1.165, 1.54) is 0 Å². The first-order valence-electron chi connectivity index (χ1n) is 14.1. The third-order valence-corrected chi connectivity index (χ3v) is 8.57. The molecule has 4 nitrogen and oxygen atoms in total. The molecule has 6 heteroatoms. The largest absolute Gasteiger partial charge is 0.322 e. The molecule has 0 saturated heterocycles. The van der Waals surface area contributed by atoms with Gasteiger partial charge in [-0.25, -0.2) is 13.1 Å². The van der Waals surface area contributed by atoms with Gasteiger partial charge in [0.25, 0.3) is 0 Å². The monoisotopic (exact) mass is 658 g/mol. The maximum atomic E-state index is 14.1. The van der Waals surface area contributed by atoms with Crippen LogP contribution in [-0.4, -0.2) is 8.42 Å². The van der Waals surface area contributed by atoms with E-state index in [0.717, 1.165) is 27.8 Å². The van der Waals surface area contributed by atoms with Crippen LogP contribution in [0.1, 0.15) is 99.2 Å². The van der Waals surface area contributed by atoms with Crippen LogP contribution in [0.3, 0.4) is 0 Å². The first-order valence-corrected chi connectivity index (χ1v) is 15.6. The fraction of sp³-hybridized carbons (Fsp3) is 0.314. The molecule has 0 bridgehead atoms. The quantitative estimate of drug-likeness (QED) is 0.178. The molecule has 0 saturated carbocycles. The average Bonchev–Trinajstić information content (AvgIpc) is 2.97. The molecule has 0 aliphatic heterocycles. The standard InChI is InChI=1S/C29H38N2O2S.C6H6.Ru/c1-19(2)24-17-25(20(3)4)29(26(18-24)21(5)6)34(32,33)31-28(23-15-11-8-12-16-23)27(30)22-13-9-7-10-14-22;1-2-4-6-5-3-1;/h7-21,27-28,31H,30H2,1-6H3;1-6H;/t27-,28-;;/m1../s1. The van der Waals surface area contributed by atoms with Crippen molar-refractivity contribution in [1.82, 2.24) is 4.72 Å². The van der Waals surface area contributed by atoms with Crippen LogP contribution in [0.2, 0.25) is 0 Å². The van der Waals surface area contributed by atoms with Gasteiger partial charge >= 0.3 is 0 Å². The SMILES string of the molecule is CC(C)c1cc(C(C)C)c(S(=O)(=O)N[C@H](c2ccccc2)[C@H](N)c2ccccc2)c(C(C)C)c1.[Ru].c1ccccc1. The predicted octanol–water partition coefficient (Wildman–Crippen LogP) is 8.46. The second-order valence-corrected chi connectivity index (χ2v) is 12.7. The summed E-state index contributed by atoms with van der Waals surface area (Å²) < 4.78 is 31.2. The minimum atomic E-state index is -3.88. The molecule has 0 aliphatic carbocycles. The molecule has 4 aromatic rings. The number of sulfonamides is 1. The van der Waals surface area contributed by atoms with E-state index < -0.39 is 22.1 Å². The Balaban J connectivity index is 0.000000744. The van der Waals surface area contributed by atoms with Gasteiger partial charge in [-0.1, -0.05) is 151 Å². The Labute approximate surface area is 260 Å². The molecule has 0 aliphatic rings. The Hall–Kier alpha value is -2.63. The fourth-order valence-electron chi connectivity index (χ4n) is 4.69. The molecule has 220 valence electrons. The molecule has 0 heterocycles. The molecular formula is C35H44N2O2RuS. The van der Waals surface area contributed by atoms with Gasteiger partial charge in [-0.05, 0) is 45.6 Å². The van der Waals surface area contributed by atoms with Crippen LogP contribution in [-0.2, 0) is 29.5 Å². The van der Waals surface area contributed by atoms with Gasteiger partial charge in [-0.3, -0.25) is 0 Å². The van der Waals surface area contributed by atoms with E-state index in [1.54, 1.807) is 0 Å². The molecule has 0 amide bonds. The van der Waals surface area contributed by atoms with Crippen molar-refractivity contribution >= 4 is 10.0 Å². The van der Waals surface area contributed by atoms with Gasteiger partial charge in [0, 0.05) is 19.5 Å². The topological polar surface area (TPSA) is 72.2 Å². The van der Waals surface area contributed by atoms with Crippen molar-refractivity contribution in [3.63, 3.8) is 0 Å². The van der Waals surface area contributed by atoms with Crippen molar-refractivity contribution < 1.29 is 27.9 Å². The van der Waals surface area contributed by atoms with E-state index in [9.17, 15) is 8.42 Å². The molecule has 0 radical (unpaired) electrons. The number of nitrogens with two attached hydrogens (primary N) is 1. The van der Waals surface area contributed by atoms with Gasteiger partial charge in [-0.2, -0.15) is 0 Å². The van der Waals surface area contributed by atoms with Gasteiger partial charge in [0.15, 0.2) is 0 Å². The zero-order valence-corrected chi connectivity index (χ0v) is 27.5. The van der Waals surface area contributed by atoms with Gasteiger partial charge < -0.3 is 5.73 Å². The summed E-state index contributed by atoms with van der Waals surface area (Å²) in [6.07, 6.45) is 0. The minimum Gasteiger partial charge on any atom is -0.322 e. The molecule has 0 aromatic heterocycles. The molecule has 0 spiro atoms. The van der Waals surface area contributed by atoms with E-state index >= 15 is 0 Å². The zero-order valence-electron chi connectivity index (χ0n) is 24.9. The Bertz CT molecular complexity index is 1370. The van der Waals surface area contributed by atoms with E-state index in [1.807, 2.05) is 125 Å². The van der Waals surface area contributed by atoms with Crippen LogP contribution in [0.4, 0.5) is 0 Å². The van der Waals surface area contributed by atoms with E-state index in [2.05, 4.69) is 30.7 Å². The second-order valence-electron chi connectivity index (χ2n) is 11.1. The summed E-state index contributed by atoms with van der Waals surface area (Å²) in [5.74, 6) is 0.421. The van der Waals surface area contributed by atoms with Crippen LogP contribution >= 0.6 is 0 Å². The Kier molecular flexibility index (Phi) is 13.6. The Morgan fingerprint density at radius 2 is 0.927 bits per heavy atom. The van der Waals surface area contributed by atoms with Crippen LogP contribution in [0, 0.1) is 0 Å². The normalized spacial score (nSPS) is 12.8. The van der Waals surface area contributed by atoms with Crippen molar-refractivity contribution in [2.24, 2.45) is 5.73 Å². The summed E-state index contributed by atoms with van der Waals surface area (Å²) in [6.45, 7) is 12.5. The third-order valence-electron chi connectivity index (χ3n) is 7.00. The summed E-state index contributed by atoms with van der Waals surface area (Å²) in [5, 5.41) is 0. The van der Waals surface area contributed by atoms with Crippen LogP contribution < -0.4 is 10.5 Å². The average molecular weight is 658 g/mol. The van der Waals surface area contributed by atoms with Crippen molar-refractivity contribution in [3.8, 4) is 0 Å². The first-order chi connectivity index (χ1) is 19.0. The van der Waals surface area contributed by atoms with Crippen molar-refractivity contribution in [1.29, 1.82) is 0 Å². The van der Waals surface area contributed by atoms with Gasteiger partial charge in [-0.15, -0.1) is 0 Å². The smallest absolute Gasteiger partial charge is 0.241 e. The number of nitrogens with one attached hydrogen (secondary N) is 1. The molecule has 0 unspecified atom stereocenters.